The number of hydrogen-bond acceptors (Lipinski definition) is 3. The van der Waals surface area contributed by atoms with Crippen molar-refractivity contribution in [1.82, 2.24) is 0 Å². The Morgan fingerprint density at radius 3 is 2.38 bits per heavy atom. The molecule has 0 radical (unpaired) electrons. The van der Waals surface area contributed by atoms with Crippen molar-refractivity contribution < 1.29 is 23.0 Å². The van der Waals surface area contributed by atoms with E-state index < -0.39 is 17.7 Å². The van der Waals surface area contributed by atoms with Gasteiger partial charge in [-0.05, 0) is 31.5 Å². The van der Waals surface area contributed by atoms with Crippen molar-refractivity contribution in [3.63, 3.8) is 0 Å². The number of fused-ring (bicyclic) bond motifs is 3. The number of unbranched alkanes of at least 4 members (excludes halogenated alkanes) is 1. The number of benzene rings is 2. The zero-order valence-electron chi connectivity index (χ0n) is 13.7. The Morgan fingerprint density at radius 2 is 1.71 bits per heavy atom. The molecule has 1 heterocycles. The molecular weight excluding hydrogens is 314 g/mol. The summed E-state index contributed by atoms with van der Waals surface area (Å²) < 4.78 is 39.9. The average molecular weight is 334 g/mol. The Balaban J connectivity index is 2.14. The van der Waals surface area contributed by atoms with E-state index in [1.165, 1.54) is 6.07 Å². The van der Waals surface area contributed by atoms with E-state index in [9.17, 15) is 13.9 Å². The number of furan rings is 1. The Kier molecular flexibility index (Phi) is 4.71. The molecule has 2 aromatic carbocycles. The molecule has 128 valence electrons. The van der Waals surface area contributed by atoms with Crippen molar-refractivity contribution in [1.29, 1.82) is 0 Å². The number of aliphatic hydroxyl groups is 1. The number of rotatable bonds is 6. The summed E-state index contributed by atoms with van der Waals surface area (Å²) in [6.07, 6.45) is 1.29. The maximum absolute atomic E-state index is 14.8. The van der Waals surface area contributed by atoms with Crippen molar-refractivity contribution in [2.24, 2.45) is 0 Å². The molecule has 0 fully saturated rings. The quantitative estimate of drug-likeness (QED) is 0.648. The average Bonchev–Trinajstić information content (AvgIpc) is 2.96. The molecule has 24 heavy (non-hydrogen) atoms. The van der Waals surface area contributed by atoms with Crippen LogP contribution in [-0.2, 0) is 0 Å². The number of aliphatic hydroxyl groups excluding tert-OH is 1. The van der Waals surface area contributed by atoms with E-state index in [4.69, 9.17) is 9.15 Å². The monoisotopic (exact) mass is 334 g/mol. The molecule has 0 saturated heterocycles. The van der Waals surface area contributed by atoms with E-state index in [0.29, 0.717) is 23.8 Å². The van der Waals surface area contributed by atoms with E-state index in [2.05, 4.69) is 0 Å². The van der Waals surface area contributed by atoms with Crippen LogP contribution in [-0.4, -0.2) is 11.7 Å². The SMILES string of the molecule is CCCC[C@@H](O)c1ccc2c(oc3c(F)c(OCC)ccc32)c1F. The van der Waals surface area contributed by atoms with Gasteiger partial charge in [-0.25, -0.2) is 4.39 Å². The first-order valence-corrected chi connectivity index (χ1v) is 8.22. The minimum Gasteiger partial charge on any atom is -0.491 e. The van der Waals surface area contributed by atoms with E-state index >= 15 is 0 Å². The first kappa shape index (κ1) is 16.7. The van der Waals surface area contributed by atoms with Gasteiger partial charge >= 0.3 is 0 Å². The second kappa shape index (κ2) is 6.77. The molecule has 0 spiro atoms. The van der Waals surface area contributed by atoms with Crippen LogP contribution in [0.4, 0.5) is 8.78 Å². The second-order valence-electron chi connectivity index (χ2n) is 5.79. The van der Waals surface area contributed by atoms with Crippen LogP contribution in [0, 0.1) is 11.6 Å². The molecule has 0 bridgehead atoms. The predicted octanol–water partition coefficient (Wildman–Crippen LogP) is 5.49. The molecule has 0 aliphatic carbocycles. The molecule has 0 aliphatic heterocycles. The van der Waals surface area contributed by atoms with Crippen molar-refractivity contribution in [3.05, 3.63) is 41.5 Å². The molecule has 1 N–H and O–H groups in total. The normalized spacial score (nSPS) is 12.9. The summed E-state index contributed by atoms with van der Waals surface area (Å²) in [4.78, 5) is 0. The van der Waals surface area contributed by atoms with Gasteiger partial charge in [0.25, 0.3) is 0 Å². The van der Waals surface area contributed by atoms with E-state index in [1.54, 1.807) is 25.1 Å². The Hall–Kier alpha value is -2.14. The first-order valence-electron chi connectivity index (χ1n) is 8.22. The largest absolute Gasteiger partial charge is 0.491 e. The van der Waals surface area contributed by atoms with Crippen molar-refractivity contribution in [2.45, 2.75) is 39.2 Å². The van der Waals surface area contributed by atoms with Crippen LogP contribution >= 0.6 is 0 Å². The fraction of sp³-hybridized carbons (Fsp3) is 0.368. The van der Waals surface area contributed by atoms with Gasteiger partial charge in [0.2, 0.25) is 5.82 Å². The summed E-state index contributed by atoms with van der Waals surface area (Å²) in [5.74, 6) is -1.20. The second-order valence-corrected chi connectivity index (χ2v) is 5.79. The Morgan fingerprint density at radius 1 is 1.04 bits per heavy atom. The molecule has 3 aromatic rings. The van der Waals surface area contributed by atoms with Gasteiger partial charge in [-0.3, -0.25) is 0 Å². The minimum absolute atomic E-state index is 0.0324. The highest BCUT2D eigenvalue weighted by molar-refractivity contribution is 6.05. The smallest absolute Gasteiger partial charge is 0.208 e. The molecule has 1 atom stereocenters. The molecule has 0 amide bonds. The molecule has 5 heteroatoms. The topological polar surface area (TPSA) is 42.6 Å². The lowest BCUT2D eigenvalue weighted by molar-refractivity contribution is 0.160. The first-order chi connectivity index (χ1) is 11.6. The van der Waals surface area contributed by atoms with Crippen LogP contribution in [0.3, 0.4) is 0 Å². The van der Waals surface area contributed by atoms with Gasteiger partial charge in [0.1, 0.15) is 0 Å². The fourth-order valence-corrected chi connectivity index (χ4v) is 2.91. The van der Waals surface area contributed by atoms with E-state index in [1.807, 2.05) is 6.92 Å². The lowest BCUT2D eigenvalue weighted by Crippen LogP contribution is -2.00. The standard InChI is InChI=1S/C19H20F2O3/c1-3-5-6-14(22)13-8-7-11-12-9-10-15(23-4-2)17(21)19(12)24-18(11)16(13)20/h7-10,14,22H,3-6H2,1-2H3/t14-/m1/s1. The third-order valence-corrected chi connectivity index (χ3v) is 4.17. The van der Waals surface area contributed by atoms with E-state index in [-0.39, 0.29) is 22.5 Å². The van der Waals surface area contributed by atoms with Gasteiger partial charge in [-0.15, -0.1) is 0 Å². The summed E-state index contributed by atoms with van der Waals surface area (Å²) in [5, 5.41) is 11.1. The van der Waals surface area contributed by atoms with Crippen molar-refractivity contribution in [2.75, 3.05) is 6.61 Å². The third-order valence-electron chi connectivity index (χ3n) is 4.17. The molecule has 3 nitrogen and oxygen atoms in total. The highest BCUT2D eigenvalue weighted by Crippen LogP contribution is 2.37. The zero-order chi connectivity index (χ0) is 17.3. The van der Waals surface area contributed by atoms with Crippen LogP contribution in [0.1, 0.15) is 44.8 Å². The maximum Gasteiger partial charge on any atom is 0.208 e. The summed E-state index contributed by atoms with van der Waals surface area (Å²) in [6, 6.07) is 6.37. The fourth-order valence-electron chi connectivity index (χ4n) is 2.91. The minimum atomic E-state index is -0.897. The van der Waals surface area contributed by atoms with Crippen LogP contribution in [0.5, 0.6) is 5.75 Å². The Labute approximate surface area is 138 Å². The number of hydrogen-bond donors (Lipinski definition) is 1. The lowest BCUT2D eigenvalue weighted by Gasteiger charge is -2.11. The summed E-state index contributed by atoms with van der Waals surface area (Å²) >= 11 is 0. The Bertz CT molecular complexity index is 870. The van der Waals surface area contributed by atoms with Gasteiger partial charge in [0.05, 0.1) is 12.7 Å². The van der Waals surface area contributed by atoms with E-state index in [0.717, 1.165) is 12.8 Å². The molecule has 1 aromatic heterocycles. The molecule has 0 unspecified atom stereocenters. The summed E-state index contributed by atoms with van der Waals surface area (Å²) in [6.45, 7) is 4.08. The van der Waals surface area contributed by atoms with Gasteiger partial charge in [-0.2, -0.15) is 4.39 Å². The highest BCUT2D eigenvalue weighted by Gasteiger charge is 2.21. The zero-order valence-corrected chi connectivity index (χ0v) is 13.7. The molecule has 0 aliphatic rings. The summed E-state index contributed by atoms with van der Waals surface area (Å²) in [7, 11) is 0. The maximum atomic E-state index is 14.8. The van der Waals surface area contributed by atoms with Crippen LogP contribution in [0.15, 0.2) is 28.7 Å². The van der Waals surface area contributed by atoms with Crippen LogP contribution in [0.2, 0.25) is 0 Å². The number of halogens is 2. The van der Waals surface area contributed by atoms with Crippen LogP contribution < -0.4 is 4.74 Å². The molecule has 3 rings (SSSR count). The lowest BCUT2D eigenvalue weighted by atomic mass is 10.0. The summed E-state index contributed by atoms with van der Waals surface area (Å²) in [5.41, 5.74) is 0.112. The van der Waals surface area contributed by atoms with Gasteiger partial charge in [0.15, 0.2) is 22.7 Å². The van der Waals surface area contributed by atoms with Crippen LogP contribution in [0.25, 0.3) is 21.9 Å². The highest BCUT2D eigenvalue weighted by atomic mass is 19.1. The molecular formula is C19H20F2O3. The van der Waals surface area contributed by atoms with Gasteiger partial charge in [-0.1, -0.05) is 25.8 Å². The predicted molar refractivity (Wildman–Crippen MR) is 89.3 cm³/mol. The third kappa shape index (κ3) is 2.73. The van der Waals surface area contributed by atoms with Crippen molar-refractivity contribution in [3.8, 4) is 5.75 Å². The molecule has 0 saturated carbocycles. The van der Waals surface area contributed by atoms with Gasteiger partial charge < -0.3 is 14.3 Å². The number of ether oxygens (including phenoxy) is 1. The van der Waals surface area contributed by atoms with Gasteiger partial charge in [0, 0.05) is 16.3 Å². The van der Waals surface area contributed by atoms with Crippen molar-refractivity contribution >= 4 is 21.9 Å².